The third-order valence-corrected chi connectivity index (χ3v) is 4.18. The summed E-state index contributed by atoms with van der Waals surface area (Å²) in [6.07, 6.45) is 7.50. The molecule has 1 aromatic rings. The van der Waals surface area contributed by atoms with E-state index < -0.39 is 0 Å². The van der Waals surface area contributed by atoms with Crippen LogP contribution in [0.5, 0.6) is 0 Å². The summed E-state index contributed by atoms with van der Waals surface area (Å²) >= 11 is 0. The van der Waals surface area contributed by atoms with Crippen LogP contribution in [-0.4, -0.2) is 40.4 Å². The molecule has 1 heterocycles. The second kappa shape index (κ2) is 7.79. The summed E-state index contributed by atoms with van der Waals surface area (Å²) < 4.78 is 2.20. The Kier molecular flexibility index (Phi) is 6.05. The van der Waals surface area contributed by atoms with E-state index in [1.807, 2.05) is 0 Å². The Balaban J connectivity index is 1.81. The molecule has 4 heteroatoms. The molecule has 1 N–H and O–H groups in total. The van der Waals surface area contributed by atoms with Gasteiger partial charge in [0.1, 0.15) is 0 Å². The quantitative estimate of drug-likeness (QED) is 0.794. The van der Waals surface area contributed by atoms with Gasteiger partial charge in [-0.15, -0.1) is 0 Å². The SMILES string of the molecule is CCN(CCNC(C)C)Cc1ccn(C2CCCC2)n1. The van der Waals surface area contributed by atoms with E-state index in [2.05, 4.69) is 47.9 Å². The molecule has 0 saturated heterocycles. The van der Waals surface area contributed by atoms with Gasteiger partial charge in [0.05, 0.1) is 11.7 Å². The first-order chi connectivity index (χ1) is 9.69. The maximum atomic E-state index is 4.78. The maximum absolute atomic E-state index is 4.78. The molecule has 1 saturated carbocycles. The number of aromatic nitrogens is 2. The first-order valence-corrected chi connectivity index (χ1v) is 8.18. The zero-order chi connectivity index (χ0) is 14.4. The molecule has 0 amide bonds. The standard InChI is InChI=1S/C16H30N4/c1-4-19(12-10-17-14(2)3)13-15-9-11-20(18-15)16-7-5-6-8-16/h9,11,14,16-17H,4-8,10,12-13H2,1-3H3. The van der Waals surface area contributed by atoms with Crippen LogP contribution in [0.3, 0.4) is 0 Å². The van der Waals surface area contributed by atoms with E-state index in [1.54, 1.807) is 0 Å². The number of rotatable bonds is 8. The van der Waals surface area contributed by atoms with Crippen LogP contribution >= 0.6 is 0 Å². The van der Waals surface area contributed by atoms with Gasteiger partial charge < -0.3 is 5.32 Å². The Labute approximate surface area is 123 Å². The molecule has 1 fully saturated rings. The van der Waals surface area contributed by atoms with Crippen molar-refractivity contribution in [1.29, 1.82) is 0 Å². The predicted molar refractivity (Wildman–Crippen MR) is 83.8 cm³/mol. The highest BCUT2D eigenvalue weighted by molar-refractivity contribution is 5.00. The predicted octanol–water partition coefficient (Wildman–Crippen LogP) is 2.82. The fourth-order valence-corrected chi connectivity index (χ4v) is 2.92. The maximum Gasteiger partial charge on any atom is 0.0764 e. The van der Waals surface area contributed by atoms with Gasteiger partial charge in [-0.1, -0.05) is 33.6 Å². The van der Waals surface area contributed by atoms with Gasteiger partial charge in [0, 0.05) is 31.9 Å². The summed E-state index contributed by atoms with van der Waals surface area (Å²) in [6.45, 7) is 10.8. The van der Waals surface area contributed by atoms with Gasteiger partial charge in [0.2, 0.25) is 0 Å². The highest BCUT2D eigenvalue weighted by atomic mass is 15.3. The molecule has 1 aromatic heterocycles. The van der Waals surface area contributed by atoms with Crippen molar-refractivity contribution in [2.75, 3.05) is 19.6 Å². The average molecular weight is 278 g/mol. The topological polar surface area (TPSA) is 33.1 Å². The molecule has 0 unspecified atom stereocenters. The number of hydrogen-bond acceptors (Lipinski definition) is 3. The molecule has 114 valence electrons. The van der Waals surface area contributed by atoms with Crippen LogP contribution in [0.15, 0.2) is 12.3 Å². The van der Waals surface area contributed by atoms with Crippen molar-refractivity contribution in [2.24, 2.45) is 0 Å². The first-order valence-electron chi connectivity index (χ1n) is 8.18. The zero-order valence-corrected chi connectivity index (χ0v) is 13.3. The minimum atomic E-state index is 0.565. The minimum absolute atomic E-state index is 0.565. The molecule has 2 rings (SSSR count). The van der Waals surface area contributed by atoms with E-state index in [1.165, 1.54) is 31.4 Å². The molecule has 0 aliphatic heterocycles. The Morgan fingerprint density at radius 3 is 2.80 bits per heavy atom. The van der Waals surface area contributed by atoms with Gasteiger partial charge in [-0.3, -0.25) is 9.58 Å². The Morgan fingerprint density at radius 1 is 1.40 bits per heavy atom. The van der Waals surface area contributed by atoms with E-state index in [4.69, 9.17) is 5.10 Å². The lowest BCUT2D eigenvalue weighted by Crippen LogP contribution is -2.34. The molecular formula is C16H30N4. The van der Waals surface area contributed by atoms with E-state index in [0.717, 1.165) is 26.2 Å². The zero-order valence-electron chi connectivity index (χ0n) is 13.3. The molecule has 0 aromatic carbocycles. The number of hydrogen-bond donors (Lipinski definition) is 1. The molecule has 4 nitrogen and oxygen atoms in total. The fraction of sp³-hybridized carbons (Fsp3) is 0.812. The summed E-state index contributed by atoms with van der Waals surface area (Å²) in [5, 5.41) is 8.26. The van der Waals surface area contributed by atoms with Gasteiger partial charge in [-0.2, -0.15) is 5.10 Å². The van der Waals surface area contributed by atoms with Gasteiger partial charge >= 0.3 is 0 Å². The van der Waals surface area contributed by atoms with Crippen LogP contribution in [-0.2, 0) is 6.54 Å². The van der Waals surface area contributed by atoms with Crippen molar-refractivity contribution in [2.45, 2.75) is 65.1 Å². The number of likely N-dealkylation sites (N-methyl/N-ethyl adjacent to an activating group) is 1. The first kappa shape index (κ1) is 15.5. The van der Waals surface area contributed by atoms with E-state index in [0.29, 0.717) is 12.1 Å². The Morgan fingerprint density at radius 2 is 2.15 bits per heavy atom. The third kappa shape index (κ3) is 4.60. The lowest BCUT2D eigenvalue weighted by molar-refractivity contribution is 0.271. The van der Waals surface area contributed by atoms with E-state index >= 15 is 0 Å². The summed E-state index contributed by atoms with van der Waals surface area (Å²) in [5.41, 5.74) is 1.21. The summed E-state index contributed by atoms with van der Waals surface area (Å²) in [4.78, 5) is 2.46. The highest BCUT2D eigenvalue weighted by Gasteiger charge is 2.17. The second-order valence-electron chi connectivity index (χ2n) is 6.20. The van der Waals surface area contributed by atoms with E-state index in [9.17, 15) is 0 Å². The molecule has 1 aliphatic rings. The molecule has 0 bridgehead atoms. The Hall–Kier alpha value is -0.870. The lowest BCUT2D eigenvalue weighted by Gasteiger charge is -2.20. The second-order valence-corrected chi connectivity index (χ2v) is 6.20. The van der Waals surface area contributed by atoms with Crippen molar-refractivity contribution in [3.05, 3.63) is 18.0 Å². The molecule has 1 aliphatic carbocycles. The van der Waals surface area contributed by atoms with Crippen LogP contribution in [0.2, 0.25) is 0 Å². The monoisotopic (exact) mass is 278 g/mol. The smallest absolute Gasteiger partial charge is 0.0764 e. The number of nitrogens with one attached hydrogen (secondary N) is 1. The summed E-state index contributed by atoms with van der Waals surface area (Å²) in [7, 11) is 0. The lowest BCUT2D eigenvalue weighted by atomic mass is 10.3. The largest absolute Gasteiger partial charge is 0.313 e. The van der Waals surface area contributed by atoms with Crippen molar-refractivity contribution < 1.29 is 0 Å². The molecule has 0 spiro atoms. The molecule has 0 radical (unpaired) electrons. The van der Waals surface area contributed by atoms with Crippen LogP contribution < -0.4 is 5.32 Å². The fourth-order valence-electron chi connectivity index (χ4n) is 2.92. The minimum Gasteiger partial charge on any atom is -0.313 e. The normalized spacial score (nSPS) is 16.6. The van der Waals surface area contributed by atoms with Crippen molar-refractivity contribution >= 4 is 0 Å². The highest BCUT2D eigenvalue weighted by Crippen LogP contribution is 2.28. The van der Waals surface area contributed by atoms with Crippen molar-refractivity contribution in [3.8, 4) is 0 Å². The molecular weight excluding hydrogens is 248 g/mol. The van der Waals surface area contributed by atoms with Gasteiger partial charge in [0.15, 0.2) is 0 Å². The summed E-state index contributed by atoms with van der Waals surface area (Å²) in [6, 6.07) is 3.41. The van der Waals surface area contributed by atoms with Crippen molar-refractivity contribution in [3.63, 3.8) is 0 Å². The van der Waals surface area contributed by atoms with Gasteiger partial charge in [0.25, 0.3) is 0 Å². The van der Waals surface area contributed by atoms with Gasteiger partial charge in [-0.05, 0) is 25.5 Å². The molecule has 0 atom stereocenters. The van der Waals surface area contributed by atoms with Crippen molar-refractivity contribution in [1.82, 2.24) is 20.0 Å². The summed E-state index contributed by atoms with van der Waals surface area (Å²) in [5.74, 6) is 0. The van der Waals surface area contributed by atoms with Crippen LogP contribution in [0.25, 0.3) is 0 Å². The average Bonchev–Trinajstić information content (AvgIpc) is 3.07. The van der Waals surface area contributed by atoms with Crippen LogP contribution in [0, 0.1) is 0 Å². The van der Waals surface area contributed by atoms with Crippen LogP contribution in [0.4, 0.5) is 0 Å². The van der Waals surface area contributed by atoms with Crippen LogP contribution in [0.1, 0.15) is 58.2 Å². The third-order valence-electron chi connectivity index (χ3n) is 4.18. The molecule has 20 heavy (non-hydrogen) atoms. The van der Waals surface area contributed by atoms with Gasteiger partial charge in [-0.25, -0.2) is 0 Å². The van der Waals surface area contributed by atoms with E-state index in [-0.39, 0.29) is 0 Å². The number of nitrogens with zero attached hydrogens (tertiary/aromatic N) is 3. The Bertz CT molecular complexity index is 380.